The number of ether oxygens (including phenoxy) is 1. The lowest BCUT2D eigenvalue weighted by molar-refractivity contribution is 0.0997. The molecule has 3 N–H and O–H groups in total. The van der Waals surface area contributed by atoms with Crippen molar-refractivity contribution in [3.8, 4) is 17.6 Å². The topological polar surface area (TPSA) is 98.5 Å². The third-order valence-electron chi connectivity index (χ3n) is 2.43. The van der Waals surface area contributed by atoms with Gasteiger partial charge in [-0.15, -0.1) is 0 Å². The Hall–Kier alpha value is -2.04. The Morgan fingerprint density at radius 2 is 2.05 bits per heavy atom. The smallest absolute Gasteiger partial charge is 0.252 e. The van der Waals surface area contributed by atoms with Crippen molar-refractivity contribution in [2.24, 2.45) is 5.73 Å². The molecule has 0 spiro atoms. The number of nitrogens with one attached hydrogen (secondary N) is 1. The van der Waals surface area contributed by atoms with E-state index in [9.17, 15) is 13.2 Å². The van der Waals surface area contributed by atoms with Crippen LogP contribution in [0.3, 0.4) is 0 Å². The highest BCUT2D eigenvalue weighted by Gasteiger charge is 2.07. The Morgan fingerprint density at radius 1 is 1.33 bits per heavy atom. The maximum Gasteiger partial charge on any atom is 0.252 e. The first-order valence-electron chi connectivity index (χ1n) is 6.41. The van der Waals surface area contributed by atoms with Crippen molar-refractivity contribution >= 4 is 15.9 Å². The zero-order valence-corrected chi connectivity index (χ0v) is 12.6. The van der Waals surface area contributed by atoms with E-state index < -0.39 is 15.9 Å². The van der Waals surface area contributed by atoms with Crippen LogP contribution in [-0.4, -0.2) is 33.2 Å². The predicted molar refractivity (Wildman–Crippen MR) is 80.3 cm³/mol. The highest BCUT2D eigenvalue weighted by atomic mass is 32.2. The van der Waals surface area contributed by atoms with Crippen molar-refractivity contribution < 1.29 is 17.9 Å². The third kappa shape index (κ3) is 6.29. The number of rotatable bonds is 7. The fourth-order valence-electron chi connectivity index (χ4n) is 1.51. The van der Waals surface area contributed by atoms with Crippen LogP contribution in [0.5, 0.6) is 5.75 Å². The van der Waals surface area contributed by atoms with Gasteiger partial charge in [-0.3, -0.25) is 4.79 Å². The second-order valence-electron chi connectivity index (χ2n) is 4.14. The van der Waals surface area contributed by atoms with E-state index in [4.69, 9.17) is 10.5 Å². The van der Waals surface area contributed by atoms with Gasteiger partial charge in [-0.05, 0) is 18.6 Å². The van der Waals surface area contributed by atoms with Crippen LogP contribution in [0, 0.1) is 11.8 Å². The molecule has 0 heterocycles. The number of carbonyl (C=O) groups excluding carboxylic acids is 1. The summed E-state index contributed by atoms with van der Waals surface area (Å²) < 4.78 is 30.4. The summed E-state index contributed by atoms with van der Waals surface area (Å²) in [5, 5.41) is 0. The number of para-hydroxylation sites is 1. The number of primary amides is 1. The second kappa shape index (κ2) is 8.29. The summed E-state index contributed by atoms with van der Waals surface area (Å²) in [7, 11) is -3.24. The fourth-order valence-corrected chi connectivity index (χ4v) is 2.48. The fraction of sp³-hybridized carbons (Fsp3) is 0.357. The Morgan fingerprint density at radius 3 is 2.71 bits per heavy atom. The minimum absolute atomic E-state index is 0.0309. The first-order valence-corrected chi connectivity index (χ1v) is 8.06. The van der Waals surface area contributed by atoms with Gasteiger partial charge in [0.2, 0.25) is 10.0 Å². The molecule has 1 aromatic carbocycles. The van der Waals surface area contributed by atoms with Crippen molar-refractivity contribution in [3.63, 3.8) is 0 Å². The average Bonchev–Trinajstić information content (AvgIpc) is 2.42. The van der Waals surface area contributed by atoms with Gasteiger partial charge in [-0.2, -0.15) is 0 Å². The van der Waals surface area contributed by atoms with Gasteiger partial charge in [0.15, 0.2) is 0 Å². The van der Waals surface area contributed by atoms with Crippen LogP contribution in [0.25, 0.3) is 0 Å². The van der Waals surface area contributed by atoms with E-state index in [2.05, 4.69) is 16.6 Å². The molecule has 0 aliphatic heterocycles. The van der Waals surface area contributed by atoms with Gasteiger partial charge in [-0.25, -0.2) is 13.1 Å². The number of hydrogen-bond acceptors (Lipinski definition) is 4. The lowest BCUT2D eigenvalue weighted by Gasteiger charge is -2.05. The Balaban J connectivity index is 2.45. The monoisotopic (exact) mass is 310 g/mol. The molecular formula is C14H18N2O4S. The standard InChI is InChI=1S/C14H18N2O4S/c1-2-11-21(18,19)16-9-5-6-10-20-13-8-4-3-7-12(13)14(15)17/h3-4,7-8,16H,2,9-11H2,1H3,(H2,15,17). The van der Waals surface area contributed by atoms with E-state index >= 15 is 0 Å². The average molecular weight is 310 g/mol. The number of benzene rings is 1. The third-order valence-corrected chi connectivity index (χ3v) is 3.96. The van der Waals surface area contributed by atoms with Gasteiger partial charge >= 0.3 is 0 Å². The maximum absolute atomic E-state index is 11.3. The van der Waals surface area contributed by atoms with Crippen LogP contribution >= 0.6 is 0 Å². The van der Waals surface area contributed by atoms with Crippen molar-refractivity contribution in [2.45, 2.75) is 13.3 Å². The summed E-state index contributed by atoms with van der Waals surface area (Å²) in [6.07, 6.45) is 0.551. The van der Waals surface area contributed by atoms with Gasteiger partial charge in [-0.1, -0.05) is 30.9 Å². The van der Waals surface area contributed by atoms with Crippen LogP contribution in [-0.2, 0) is 10.0 Å². The van der Waals surface area contributed by atoms with E-state index in [1.807, 2.05) is 0 Å². The molecule has 0 bridgehead atoms. The number of nitrogens with two attached hydrogens (primary N) is 1. The van der Waals surface area contributed by atoms with Crippen LogP contribution in [0.15, 0.2) is 24.3 Å². The normalized spacial score (nSPS) is 10.5. The predicted octanol–water partition coefficient (Wildman–Crippen LogP) is 0.497. The first-order chi connectivity index (χ1) is 9.96. The summed E-state index contributed by atoms with van der Waals surface area (Å²) in [6, 6.07) is 6.57. The SMILES string of the molecule is CCCS(=O)(=O)NCC#CCOc1ccccc1C(N)=O. The molecule has 0 aliphatic carbocycles. The maximum atomic E-state index is 11.3. The Labute approximate surface area is 124 Å². The van der Waals surface area contributed by atoms with E-state index in [0.29, 0.717) is 12.2 Å². The summed E-state index contributed by atoms with van der Waals surface area (Å²) in [4.78, 5) is 11.2. The molecule has 0 saturated carbocycles. The summed E-state index contributed by atoms with van der Waals surface area (Å²) >= 11 is 0. The molecule has 0 atom stereocenters. The number of amides is 1. The Bertz CT molecular complexity index is 644. The zero-order valence-electron chi connectivity index (χ0n) is 11.8. The largest absolute Gasteiger partial charge is 0.480 e. The quantitative estimate of drug-likeness (QED) is 0.716. The van der Waals surface area contributed by atoms with E-state index in [-0.39, 0.29) is 24.5 Å². The lowest BCUT2D eigenvalue weighted by Crippen LogP contribution is -2.26. The van der Waals surface area contributed by atoms with Crippen molar-refractivity contribution in [3.05, 3.63) is 29.8 Å². The van der Waals surface area contributed by atoms with Gasteiger partial charge in [0.1, 0.15) is 12.4 Å². The molecule has 0 aromatic heterocycles. The second-order valence-corrected chi connectivity index (χ2v) is 6.07. The van der Waals surface area contributed by atoms with Gasteiger partial charge in [0.25, 0.3) is 5.91 Å². The Kier molecular flexibility index (Phi) is 6.72. The zero-order chi connectivity index (χ0) is 15.7. The molecule has 21 heavy (non-hydrogen) atoms. The molecule has 0 fully saturated rings. The molecular weight excluding hydrogens is 292 g/mol. The first kappa shape index (κ1) is 17.0. The molecule has 6 nitrogen and oxygen atoms in total. The number of sulfonamides is 1. The van der Waals surface area contributed by atoms with Crippen LogP contribution in [0.4, 0.5) is 0 Å². The summed E-state index contributed by atoms with van der Waals surface area (Å²) in [5.74, 6) is 5.16. The van der Waals surface area contributed by atoms with E-state index in [1.54, 1.807) is 31.2 Å². The van der Waals surface area contributed by atoms with Gasteiger partial charge < -0.3 is 10.5 Å². The molecule has 0 radical (unpaired) electrons. The van der Waals surface area contributed by atoms with E-state index in [1.165, 1.54) is 0 Å². The van der Waals surface area contributed by atoms with Crippen molar-refractivity contribution in [2.75, 3.05) is 18.9 Å². The minimum atomic E-state index is -3.24. The van der Waals surface area contributed by atoms with E-state index in [0.717, 1.165) is 0 Å². The highest BCUT2D eigenvalue weighted by Crippen LogP contribution is 2.16. The van der Waals surface area contributed by atoms with Crippen LogP contribution in [0.2, 0.25) is 0 Å². The van der Waals surface area contributed by atoms with Crippen LogP contribution < -0.4 is 15.2 Å². The molecule has 0 saturated heterocycles. The summed E-state index contributed by atoms with van der Waals surface area (Å²) in [5.41, 5.74) is 5.49. The molecule has 7 heteroatoms. The molecule has 1 aromatic rings. The van der Waals surface area contributed by atoms with Gasteiger partial charge in [0.05, 0.1) is 17.9 Å². The molecule has 0 aliphatic rings. The highest BCUT2D eigenvalue weighted by molar-refractivity contribution is 7.89. The number of carbonyl (C=O) groups is 1. The van der Waals surface area contributed by atoms with Crippen molar-refractivity contribution in [1.29, 1.82) is 0 Å². The summed E-state index contributed by atoms with van der Waals surface area (Å²) in [6.45, 7) is 1.86. The minimum Gasteiger partial charge on any atom is -0.480 e. The molecule has 1 rings (SSSR count). The van der Waals surface area contributed by atoms with Crippen molar-refractivity contribution in [1.82, 2.24) is 4.72 Å². The molecule has 0 unspecified atom stereocenters. The number of hydrogen-bond donors (Lipinski definition) is 2. The van der Waals surface area contributed by atoms with Gasteiger partial charge in [0, 0.05) is 0 Å². The lowest BCUT2D eigenvalue weighted by atomic mass is 10.2. The molecule has 1 amide bonds. The molecule has 114 valence electrons. The van der Waals surface area contributed by atoms with Crippen LogP contribution in [0.1, 0.15) is 23.7 Å².